The van der Waals surface area contributed by atoms with Gasteiger partial charge >= 0.3 is 11.7 Å². The monoisotopic (exact) mass is 478 g/mol. The van der Waals surface area contributed by atoms with Crippen LogP contribution in [0.3, 0.4) is 0 Å². The molecule has 0 saturated carbocycles. The van der Waals surface area contributed by atoms with Gasteiger partial charge in [-0.25, -0.2) is 19.2 Å². The molecule has 0 fully saturated rings. The summed E-state index contributed by atoms with van der Waals surface area (Å²) in [5.41, 5.74) is -0.957. The lowest BCUT2D eigenvalue weighted by molar-refractivity contribution is -0.387. The molecule has 35 heavy (non-hydrogen) atoms. The molecule has 0 saturated heterocycles. The zero-order chi connectivity index (χ0) is 24.9. The minimum atomic E-state index is -1.33. The van der Waals surface area contributed by atoms with Crippen molar-refractivity contribution in [3.63, 3.8) is 0 Å². The number of carbonyl (C=O) groups is 1. The van der Waals surface area contributed by atoms with Gasteiger partial charge in [-0.15, -0.1) is 0 Å². The van der Waals surface area contributed by atoms with Crippen LogP contribution in [0.4, 0.5) is 20.3 Å². The number of benzene rings is 2. The third kappa shape index (κ3) is 5.19. The zero-order valence-corrected chi connectivity index (χ0v) is 17.8. The first-order valence-electron chi connectivity index (χ1n) is 10.1. The average Bonchev–Trinajstić information content (AvgIpc) is 3.34. The Morgan fingerprint density at radius 1 is 1.14 bits per heavy atom. The lowest BCUT2D eigenvalue weighted by Crippen LogP contribution is -2.14. The Labute approximate surface area is 196 Å². The van der Waals surface area contributed by atoms with E-state index in [9.17, 15) is 28.8 Å². The van der Waals surface area contributed by atoms with Gasteiger partial charge in [0.15, 0.2) is 5.82 Å². The molecular formula is C24H16F2N4O5. The summed E-state index contributed by atoms with van der Waals surface area (Å²) in [5.74, 6) is -2.73. The van der Waals surface area contributed by atoms with Crippen molar-refractivity contribution in [2.75, 3.05) is 5.32 Å². The first-order chi connectivity index (χ1) is 16.8. The van der Waals surface area contributed by atoms with Crippen molar-refractivity contribution >= 4 is 23.6 Å². The number of aliphatic carboxylic acids is 1. The number of hydrogen-bond donors (Lipinski definition) is 2. The van der Waals surface area contributed by atoms with E-state index in [1.807, 2.05) is 0 Å². The summed E-state index contributed by atoms with van der Waals surface area (Å²) >= 11 is 0. The highest BCUT2D eigenvalue weighted by molar-refractivity contribution is 5.95. The summed E-state index contributed by atoms with van der Waals surface area (Å²) in [6.45, 7) is 0. The Hall–Kier alpha value is -4.93. The maximum atomic E-state index is 14.8. The third-order valence-electron chi connectivity index (χ3n) is 4.92. The second-order valence-corrected chi connectivity index (χ2v) is 7.22. The fourth-order valence-electron chi connectivity index (χ4n) is 3.26. The molecule has 2 heterocycles. The Bertz CT molecular complexity index is 1440. The average molecular weight is 478 g/mol. The van der Waals surface area contributed by atoms with Crippen molar-refractivity contribution in [3.8, 4) is 11.3 Å². The second-order valence-electron chi connectivity index (χ2n) is 7.22. The van der Waals surface area contributed by atoms with Gasteiger partial charge in [0.2, 0.25) is 5.82 Å². The molecule has 4 rings (SSSR count). The van der Waals surface area contributed by atoms with Crippen LogP contribution in [-0.2, 0) is 11.2 Å². The van der Waals surface area contributed by atoms with E-state index < -0.39 is 28.2 Å². The molecule has 176 valence electrons. The van der Waals surface area contributed by atoms with Crippen molar-refractivity contribution in [2.45, 2.75) is 6.42 Å². The van der Waals surface area contributed by atoms with Crippen LogP contribution in [0.25, 0.3) is 17.3 Å². The van der Waals surface area contributed by atoms with E-state index in [4.69, 9.17) is 4.42 Å². The van der Waals surface area contributed by atoms with E-state index in [0.29, 0.717) is 0 Å². The molecule has 0 aliphatic carbocycles. The van der Waals surface area contributed by atoms with Crippen LogP contribution < -0.4 is 5.32 Å². The SMILES string of the molecule is O=C(O)C(=Cc1ccco1)Nc1ncc(-c2cccc([N+](=O)[O-])c2F)nc1Cc1ccccc1F. The van der Waals surface area contributed by atoms with Crippen molar-refractivity contribution in [1.29, 1.82) is 0 Å². The van der Waals surface area contributed by atoms with Crippen LogP contribution in [0.1, 0.15) is 17.0 Å². The topological polar surface area (TPSA) is 131 Å². The van der Waals surface area contributed by atoms with E-state index in [0.717, 1.165) is 12.3 Å². The van der Waals surface area contributed by atoms with E-state index >= 15 is 0 Å². The van der Waals surface area contributed by atoms with Gasteiger partial charge in [0.05, 0.1) is 28.8 Å². The third-order valence-corrected chi connectivity index (χ3v) is 4.92. The molecule has 0 atom stereocenters. The molecule has 0 unspecified atom stereocenters. The van der Waals surface area contributed by atoms with Gasteiger partial charge in [0, 0.05) is 24.1 Å². The molecule has 0 spiro atoms. The number of nitro benzene ring substituents is 1. The van der Waals surface area contributed by atoms with Crippen molar-refractivity contribution < 1.29 is 28.0 Å². The molecule has 4 aromatic rings. The fraction of sp³-hybridized carbons (Fsp3) is 0.0417. The Balaban J connectivity index is 1.81. The van der Waals surface area contributed by atoms with Crippen LogP contribution in [-0.4, -0.2) is 26.0 Å². The number of rotatable bonds is 8. The highest BCUT2D eigenvalue weighted by atomic mass is 19.1. The number of hydrogen-bond acceptors (Lipinski definition) is 7. The number of aromatic nitrogens is 2. The molecule has 0 bridgehead atoms. The smallest absolute Gasteiger partial charge is 0.352 e. The number of nitro groups is 1. The van der Waals surface area contributed by atoms with Gasteiger partial charge in [-0.05, 0) is 29.8 Å². The van der Waals surface area contributed by atoms with Gasteiger partial charge in [0.25, 0.3) is 0 Å². The first kappa shape index (κ1) is 23.2. The maximum Gasteiger partial charge on any atom is 0.352 e. The quantitative estimate of drug-likeness (QED) is 0.204. The van der Waals surface area contributed by atoms with Crippen molar-refractivity contribution in [3.05, 3.63) is 112 Å². The van der Waals surface area contributed by atoms with Crippen molar-refractivity contribution in [2.24, 2.45) is 0 Å². The number of nitrogens with zero attached hydrogens (tertiary/aromatic N) is 3. The minimum Gasteiger partial charge on any atom is -0.477 e. The van der Waals surface area contributed by atoms with Crippen molar-refractivity contribution in [1.82, 2.24) is 9.97 Å². The zero-order valence-electron chi connectivity index (χ0n) is 17.8. The second kappa shape index (κ2) is 9.91. The molecule has 9 nitrogen and oxygen atoms in total. The number of carboxylic acids is 1. The summed E-state index contributed by atoms with van der Waals surface area (Å²) in [4.78, 5) is 30.6. The van der Waals surface area contributed by atoms with E-state index in [2.05, 4.69) is 15.3 Å². The summed E-state index contributed by atoms with van der Waals surface area (Å²) in [5, 5.41) is 23.4. The Morgan fingerprint density at radius 3 is 2.63 bits per heavy atom. The molecule has 11 heteroatoms. The van der Waals surface area contributed by atoms with E-state index in [-0.39, 0.29) is 46.2 Å². The number of halogens is 2. The summed E-state index contributed by atoms with van der Waals surface area (Å²) < 4.78 is 34.3. The Kier molecular flexibility index (Phi) is 6.58. The first-order valence-corrected chi connectivity index (χ1v) is 10.1. The normalized spacial score (nSPS) is 11.3. The van der Waals surface area contributed by atoms with Crippen LogP contribution in [0.15, 0.2) is 77.2 Å². The summed E-state index contributed by atoms with van der Waals surface area (Å²) in [7, 11) is 0. The fourth-order valence-corrected chi connectivity index (χ4v) is 3.26. The minimum absolute atomic E-state index is 0.0250. The Morgan fingerprint density at radius 2 is 1.94 bits per heavy atom. The molecule has 2 N–H and O–H groups in total. The number of nitrogens with one attached hydrogen (secondary N) is 1. The van der Waals surface area contributed by atoms with E-state index in [1.54, 1.807) is 18.2 Å². The van der Waals surface area contributed by atoms with E-state index in [1.165, 1.54) is 42.7 Å². The highest BCUT2D eigenvalue weighted by Crippen LogP contribution is 2.29. The predicted octanol–water partition coefficient (Wildman–Crippen LogP) is 5.05. The lowest BCUT2D eigenvalue weighted by atomic mass is 10.1. The van der Waals surface area contributed by atoms with Gasteiger partial charge in [-0.1, -0.05) is 24.3 Å². The number of furan rings is 1. The molecule has 0 amide bonds. The lowest BCUT2D eigenvalue weighted by Gasteiger charge is -2.13. The predicted molar refractivity (Wildman–Crippen MR) is 121 cm³/mol. The molecule has 0 aliphatic heterocycles. The van der Waals surface area contributed by atoms with Gasteiger partial charge < -0.3 is 14.8 Å². The largest absolute Gasteiger partial charge is 0.477 e. The number of carboxylic acid groups (broad SMARTS) is 1. The molecule has 2 aromatic carbocycles. The summed E-state index contributed by atoms with van der Waals surface area (Å²) in [6.07, 6.45) is 3.61. The van der Waals surface area contributed by atoms with Gasteiger partial charge in [-0.3, -0.25) is 10.1 Å². The van der Waals surface area contributed by atoms with Crippen LogP contribution in [0.2, 0.25) is 0 Å². The number of anilines is 1. The highest BCUT2D eigenvalue weighted by Gasteiger charge is 2.21. The van der Waals surface area contributed by atoms with Gasteiger partial charge in [-0.2, -0.15) is 4.39 Å². The van der Waals surface area contributed by atoms with Gasteiger partial charge in [0.1, 0.15) is 17.3 Å². The molecule has 2 aromatic heterocycles. The summed E-state index contributed by atoms with van der Waals surface area (Å²) in [6, 6.07) is 12.6. The standard InChI is InChI=1S/C24H16F2N4O5/c25-17-8-2-1-5-14(17)11-18-23(29-19(24(31)32)12-15-6-4-10-35-15)27-13-20(28-18)16-7-3-9-21(22(16)26)30(33)34/h1-10,12-13H,11H2,(H,27,29)(H,31,32). The van der Waals surface area contributed by atoms with Crippen LogP contribution in [0, 0.1) is 21.7 Å². The molecule has 0 aliphatic rings. The molecule has 0 radical (unpaired) electrons. The maximum absolute atomic E-state index is 14.8. The van der Waals surface area contributed by atoms with Crippen LogP contribution >= 0.6 is 0 Å². The van der Waals surface area contributed by atoms with Crippen LogP contribution in [0.5, 0.6) is 0 Å². The molecular weight excluding hydrogens is 462 g/mol.